The van der Waals surface area contributed by atoms with E-state index in [9.17, 15) is 9.90 Å². The van der Waals surface area contributed by atoms with Crippen LogP contribution in [-0.4, -0.2) is 5.11 Å². The Morgan fingerprint density at radius 2 is 1.74 bits per heavy atom. The third-order valence-corrected chi connectivity index (χ3v) is 4.10. The molecule has 3 aromatic rings. The molecule has 0 saturated heterocycles. The lowest BCUT2D eigenvalue weighted by Gasteiger charge is -2.07. The standard InChI is InChI=1S/C20H20O3/c1-2-3-4-7-14-10-12-15(13-11-14)18-19(21)16-8-5-6-9-17(16)23-20(18)22/h5-6,8-13,21H,2-4,7H2,1H3. The molecule has 3 heteroatoms. The molecule has 0 atom stereocenters. The predicted octanol–water partition coefficient (Wildman–Crippen LogP) is 4.90. The lowest BCUT2D eigenvalue weighted by atomic mass is 10.0. The molecule has 118 valence electrons. The Kier molecular flexibility index (Phi) is 4.47. The summed E-state index contributed by atoms with van der Waals surface area (Å²) in [5, 5.41) is 11.0. The molecular weight excluding hydrogens is 288 g/mol. The van der Waals surface area contributed by atoms with E-state index in [2.05, 4.69) is 6.92 Å². The molecule has 0 aliphatic rings. The van der Waals surface area contributed by atoms with Gasteiger partial charge in [0, 0.05) is 0 Å². The summed E-state index contributed by atoms with van der Waals surface area (Å²) in [5.41, 5.74) is 2.03. The van der Waals surface area contributed by atoms with Gasteiger partial charge in [0.05, 0.1) is 5.39 Å². The number of hydrogen-bond donors (Lipinski definition) is 1. The zero-order valence-electron chi connectivity index (χ0n) is 13.2. The zero-order chi connectivity index (χ0) is 16.2. The van der Waals surface area contributed by atoms with Crippen molar-refractivity contribution in [3.05, 3.63) is 64.5 Å². The second-order valence-corrected chi connectivity index (χ2v) is 5.76. The van der Waals surface area contributed by atoms with Gasteiger partial charge in [0.2, 0.25) is 0 Å². The molecule has 23 heavy (non-hydrogen) atoms. The van der Waals surface area contributed by atoms with Crippen LogP contribution in [0, 0.1) is 0 Å². The molecule has 0 radical (unpaired) electrons. The summed E-state index contributed by atoms with van der Waals surface area (Å²) in [7, 11) is 0. The van der Waals surface area contributed by atoms with E-state index in [0.29, 0.717) is 16.5 Å². The average Bonchev–Trinajstić information content (AvgIpc) is 2.56. The quantitative estimate of drug-likeness (QED) is 0.539. The average molecular weight is 308 g/mol. The van der Waals surface area contributed by atoms with E-state index in [1.807, 2.05) is 30.3 Å². The van der Waals surface area contributed by atoms with E-state index < -0.39 is 5.63 Å². The van der Waals surface area contributed by atoms with Gasteiger partial charge in [-0.05, 0) is 36.1 Å². The number of hydrogen-bond acceptors (Lipinski definition) is 3. The molecular formula is C20H20O3. The van der Waals surface area contributed by atoms with Gasteiger partial charge in [0.15, 0.2) is 0 Å². The first-order valence-electron chi connectivity index (χ1n) is 8.05. The molecule has 0 saturated carbocycles. The van der Waals surface area contributed by atoms with Gasteiger partial charge in [-0.15, -0.1) is 0 Å². The van der Waals surface area contributed by atoms with Crippen LogP contribution < -0.4 is 5.63 Å². The monoisotopic (exact) mass is 308 g/mol. The fourth-order valence-corrected chi connectivity index (χ4v) is 2.81. The molecule has 0 amide bonds. The van der Waals surface area contributed by atoms with Crippen LogP contribution in [0.15, 0.2) is 57.7 Å². The van der Waals surface area contributed by atoms with E-state index in [1.165, 1.54) is 24.8 Å². The molecule has 1 N–H and O–H groups in total. The number of para-hydroxylation sites is 1. The normalized spacial score (nSPS) is 11.0. The number of benzene rings is 2. The summed E-state index contributed by atoms with van der Waals surface area (Å²) in [6.45, 7) is 2.19. The summed E-state index contributed by atoms with van der Waals surface area (Å²) in [4.78, 5) is 12.2. The molecule has 0 spiro atoms. The van der Waals surface area contributed by atoms with Crippen molar-refractivity contribution in [3.63, 3.8) is 0 Å². The van der Waals surface area contributed by atoms with Crippen molar-refractivity contribution in [2.45, 2.75) is 32.6 Å². The van der Waals surface area contributed by atoms with Gasteiger partial charge in [0.1, 0.15) is 16.9 Å². The van der Waals surface area contributed by atoms with Crippen molar-refractivity contribution in [3.8, 4) is 16.9 Å². The highest BCUT2D eigenvalue weighted by Gasteiger charge is 2.15. The zero-order valence-corrected chi connectivity index (χ0v) is 13.2. The van der Waals surface area contributed by atoms with E-state index in [1.54, 1.807) is 18.2 Å². The largest absolute Gasteiger partial charge is 0.506 e. The van der Waals surface area contributed by atoms with Crippen LogP contribution in [0.5, 0.6) is 5.75 Å². The molecule has 2 aromatic carbocycles. The fourth-order valence-electron chi connectivity index (χ4n) is 2.81. The first-order valence-corrected chi connectivity index (χ1v) is 8.05. The first kappa shape index (κ1) is 15.3. The summed E-state index contributed by atoms with van der Waals surface area (Å²) in [6, 6.07) is 14.8. The second-order valence-electron chi connectivity index (χ2n) is 5.76. The topological polar surface area (TPSA) is 50.4 Å². The van der Waals surface area contributed by atoms with Gasteiger partial charge in [-0.1, -0.05) is 56.2 Å². The highest BCUT2D eigenvalue weighted by molar-refractivity contribution is 5.90. The Bertz CT molecular complexity index is 860. The number of aromatic hydroxyl groups is 1. The summed E-state index contributed by atoms with van der Waals surface area (Å²) in [5.74, 6) is -0.0180. The molecule has 1 aromatic heterocycles. The van der Waals surface area contributed by atoms with Crippen molar-refractivity contribution in [2.24, 2.45) is 0 Å². The second kappa shape index (κ2) is 6.69. The highest BCUT2D eigenvalue weighted by atomic mass is 16.4. The van der Waals surface area contributed by atoms with Crippen molar-refractivity contribution < 1.29 is 9.52 Å². The van der Waals surface area contributed by atoms with Crippen molar-refractivity contribution in [1.29, 1.82) is 0 Å². The molecule has 3 nitrogen and oxygen atoms in total. The summed E-state index contributed by atoms with van der Waals surface area (Å²) in [6.07, 6.45) is 4.62. The van der Waals surface area contributed by atoms with Crippen LogP contribution in [0.1, 0.15) is 31.7 Å². The van der Waals surface area contributed by atoms with Gasteiger partial charge in [-0.2, -0.15) is 0 Å². The minimum atomic E-state index is -0.514. The Morgan fingerprint density at radius 1 is 1.00 bits per heavy atom. The molecule has 0 unspecified atom stereocenters. The maximum atomic E-state index is 12.2. The summed E-state index contributed by atoms with van der Waals surface area (Å²) >= 11 is 0. The van der Waals surface area contributed by atoms with E-state index in [0.717, 1.165) is 6.42 Å². The van der Waals surface area contributed by atoms with Crippen LogP contribution in [0.25, 0.3) is 22.1 Å². The van der Waals surface area contributed by atoms with Crippen LogP contribution in [0.3, 0.4) is 0 Å². The van der Waals surface area contributed by atoms with Crippen molar-refractivity contribution in [2.75, 3.05) is 0 Å². The van der Waals surface area contributed by atoms with Gasteiger partial charge in [-0.3, -0.25) is 0 Å². The van der Waals surface area contributed by atoms with Crippen LogP contribution in [0.4, 0.5) is 0 Å². The van der Waals surface area contributed by atoms with Crippen LogP contribution in [0.2, 0.25) is 0 Å². The number of rotatable bonds is 5. The Hall–Kier alpha value is -2.55. The lowest BCUT2D eigenvalue weighted by Crippen LogP contribution is -2.03. The van der Waals surface area contributed by atoms with Crippen LogP contribution >= 0.6 is 0 Å². The Balaban J connectivity index is 1.98. The first-order chi connectivity index (χ1) is 11.2. The molecule has 0 aliphatic carbocycles. The van der Waals surface area contributed by atoms with Crippen LogP contribution in [-0.2, 0) is 6.42 Å². The Labute approximate surface area is 135 Å². The highest BCUT2D eigenvalue weighted by Crippen LogP contribution is 2.32. The smallest absolute Gasteiger partial charge is 0.347 e. The van der Waals surface area contributed by atoms with Crippen molar-refractivity contribution in [1.82, 2.24) is 0 Å². The third-order valence-electron chi connectivity index (χ3n) is 4.10. The van der Waals surface area contributed by atoms with E-state index >= 15 is 0 Å². The fraction of sp³-hybridized carbons (Fsp3) is 0.250. The number of fused-ring (bicyclic) bond motifs is 1. The molecule has 0 aliphatic heterocycles. The third kappa shape index (κ3) is 3.14. The Morgan fingerprint density at radius 3 is 2.48 bits per heavy atom. The van der Waals surface area contributed by atoms with E-state index in [4.69, 9.17) is 4.42 Å². The summed E-state index contributed by atoms with van der Waals surface area (Å²) < 4.78 is 5.32. The number of aryl methyl sites for hydroxylation is 1. The van der Waals surface area contributed by atoms with Gasteiger partial charge < -0.3 is 9.52 Å². The molecule has 3 rings (SSSR count). The van der Waals surface area contributed by atoms with Gasteiger partial charge in [-0.25, -0.2) is 4.79 Å². The van der Waals surface area contributed by atoms with Gasteiger partial charge >= 0.3 is 5.63 Å². The van der Waals surface area contributed by atoms with E-state index in [-0.39, 0.29) is 11.3 Å². The molecule has 1 heterocycles. The van der Waals surface area contributed by atoms with Crippen molar-refractivity contribution >= 4 is 11.0 Å². The predicted molar refractivity (Wildman–Crippen MR) is 92.8 cm³/mol. The maximum Gasteiger partial charge on any atom is 0.347 e. The molecule has 0 fully saturated rings. The SMILES string of the molecule is CCCCCc1ccc(-c2c(O)c3ccccc3oc2=O)cc1. The lowest BCUT2D eigenvalue weighted by molar-refractivity contribution is 0.471. The maximum absolute atomic E-state index is 12.2. The van der Waals surface area contributed by atoms with Gasteiger partial charge in [0.25, 0.3) is 0 Å². The minimum Gasteiger partial charge on any atom is -0.506 e. The minimum absolute atomic E-state index is 0.0180. The molecule has 0 bridgehead atoms. The number of unbranched alkanes of at least 4 members (excludes halogenated alkanes) is 2.